The molecule has 0 aliphatic carbocycles. The number of aromatic nitrogens is 2. The Hall–Kier alpha value is -3.79. The van der Waals surface area contributed by atoms with Gasteiger partial charge < -0.3 is 14.2 Å². The number of nitrogens with zero attached hydrogens (tertiary/aromatic N) is 4. The van der Waals surface area contributed by atoms with E-state index in [-0.39, 0.29) is 23.4 Å². The molecule has 3 aromatic carbocycles. The predicted molar refractivity (Wildman–Crippen MR) is 158 cm³/mol. The Morgan fingerprint density at radius 1 is 0.927 bits per heavy atom. The van der Waals surface area contributed by atoms with Gasteiger partial charge in [0.2, 0.25) is 15.0 Å². The van der Waals surface area contributed by atoms with Crippen molar-refractivity contribution in [3.63, 3.8) is 0 Å². The van der Waals surface area contributed by atoms with Crippen LogP contribution in [0.2, 0.25) is 0 Å². The third-order valence-corrected chi connectivity index (χ3v) is 8.99. The van der Waals surface area contributed by atoms with Crippen molar-refractivity contribution in [2.75, 3.05) is 39.4 Å². The van der Waals surface area contributed by atoms with Crippen LogP contribution in [0.5, 0.6) is 0 Å². The van der Waals surface area contributed by atoms with Crippen molar-refractivity contribution in [1.29, 1.82) is 0 Å². The maximum Gasteiger partial charge on any atom is 0.254 e. The Bertz CT molecular complexity index is 1550. The monoisotopic (exact) mass is 572 g/mol. The minimum Gasteiger partial charge on any atom is -0.379 e. The molecule has 0 saturated carbocycles. The fourth-order valence-corrected chi connectivity index (χ4v) is 6.63. The first-order valence-corrected chi connectivity index (χ1v) is 15.6. The molecular formula is C32H36N4O4S. The Morgan fingerprint density at radius 2 is 1.59 bits per heavy atom. The van der Waals surface area contributed by atoms with Gasteiger partial charge in [0.25, 0.3) is 5.91 Å². The molecule has 8 nitrogen and oxygen atoms in total. The van der Waals surface area contributed by atoms with Crippen LogP contribution in [0.3, 0.4) is 0 Å². The van der Waals surface area contributed by atoms with E-state index in [1.165, 1.54) is 0 Å². The Morgan fingerprint density at radius 3 is 2.29 bits per heavy atom. The lowest BCUT2D eigenvalue weighted by atomic mass is 10.1. The van der Waals surface area contributed by atoms with Crippen LogP contribution in [-0.2, 0) is 33.4 Å². The number of benzene rings is 3. The Labute approximate surface area is 242 Å². The van der Waals surface area contributed by atoms with Gasteiger partial charge in [-0.2, -0.15) is 0 Å². The fraction of sp³-hybridized carbons (Fsp3) is 0.312. The largest absolute Gasteiger partial charge is 0.379 e. The Kier molecular flexibility index (Phi) is 9.28. The van der Waals surface area contributed by atoms with Crippen LogP contribution in [0.25, 0.3) is 0 Å². The highest BCUT2D eigenvalue weighted by Crippen LogP contribution is 2.22. The fourth-order valence-electron chi connectivity index (χ4n) is 5.04. The first-order chi connectivity index (χ1) is 19.9. The molecule has 0 atom stereocenters. The number of carbonyl (C=O) groups excluding carboxylic acids is 1. The molecule has 4 aromatic rings. The van der Waals surface area contributed by atoms with Gasteiger partial charge in [0.1, 0.15) is 0 Å². The third kappa shape index (κ3) is 7.30. The van der Waals surface area contributed by atoms with E-state index in [0.29, 0.717) is 44.1 Å². The summed E-state index contributed by atoms with van der Waals surface area (Å²) in [6.07, 6.45) is 1.60. The first kappa shape index (κ1) is 28.7. The maximum absolute atomic E-state index is 13.8. The second kappa shape index (κ2) is 13.2. The van der Waals surface area contributed by atoms with E-state index in [9.17, 15) is 13.2 Å². The van der Waals surface area contributed by atoms with E-state index < -0.39 is 9.84 Å². The van der Waals surface area contributed by atoms with Crippen LogP contribution >= 0.6 is 0 Å². The van der Waals surface area contributed by atoms with Gasteiger partial charge in [0, 0.05) is 31.7 Å². The minimum atomic E-state index is -3.78. The Balaban J connectivity index is 1.48. The van der Waals surface area contributed by atoms with E-state index in [2.05, 4.69) is 9.88 Å². The van der Waals surface area contributed by atoms with Crippen molar-refractivity contribution >= 4 is 15.7 Å². The molecule has 1 fully saturated rings. The van der Waals surface area contributed by atoms with Crippen molar-refractivity contribution in [1.82, 2.24) is 19.4 Å². The number of aryl methyl sites for hydroxylation is 1. The van der Waals surface area contributed by atoms with Crippen molar-refractivity contribution in [3.8, 4) is 0 Å². The first-order valence-electron chi connectivity index (χ1n) is 13.9. The summed E-state index contributed by atoms with van der Waals surface area (Å²) in [6.45, 7) is 6.67. The van der Waals surface area contributed by atoms with Gasteiger partial charge in [0.15, 0.2) is 0 Å². The average molecular weight is 573 g/mol. The summed E-state index contributed by atoms with van der Waals surface area (Å²) in [4.78, 5) is 22.2. The van der Waals surface area contributed by atoms with E-state index in [1.54, 1.807) is 15.7 Å². The zero-order chi connectivity index (χ0) is 28.7. The second-order valence-electron chi connectivity index (χ2n) is 10.3. The highest BCUT2D eigenvalue weighted by Gasteiger charge is 2.27. The second-order valence-corrected chi connectivity index (χ2v) is 12.2. The highest BCUT2D eigenvalue weighted by atomic mass is 32.2. The standard InChI is InChI=1S/C32H36N4O4S/c1-26-10-8-9-15-29(26)25-41(38,39)32-33-22-30(36(32)23-27-11-4-2-5-12-27)24-35(17-16-34-18-20-40-21-19-34)31(37)28-13-6-3-7-14-28/h2-15,22H,16-21,23-25H2,1H3. The molecule has 1 amide bonds. The third-order valence-electron chi connectivity index (χ3n) is 7.42. The normalized spacial score (nSPS) is 14.2. The molecule has 5 rings (SSSR count). The lowest BCUT2D eigenvalue weighted by Crippen LogP contribution is -2.43. The number of hydrogen-bond acceptors (Lipinski definition) is 6. The molecule has 0 N–H and O–H groups in total. The maximum atomic E-state index is 13.8. The molecule has 1 aromatic heterocycles. The zero-order valence-electron chi connectivity index (χ0n) is 23.4. The summed E-state index contributed by atoms with van der Waals surface area (Å²) >= 11 is 0. The van der Waals surface area contributed by atoms with Gasteiger partial charge in [-0.25, -0.2) is 13.4 Å². The summed E-state index contributed by atoms with van der Waals surface area (Å²) in [5, 5.41) is 0.0138. The molecule has 214 valence electrons. The lowest BCUT2D eigenvalue weighted by Gasteiger charge is -2.30. The molecule has 1 aliphatic rings. The summed E-state index contributed by atoms with van der Waals surface area (Å²) < 4.78 is 34.8. The van der Waals surface area contributed by atoms with Crippen LogP contribution in [0.15, 0.2) is 96.3 Å². The highest BCUT2D eigenvalue weighted by molar-refractivity contribution is 7.90. The smallest absolute Gasteiger partial charge is 0.254 e. The van der Waals surface area contributed by atoms with Crippen LogP contribution in [0.4, 0.5) is 0 Å². The summed E-state index contributed by atoms with van der Waals surface area (Å²) in [5.41, 5.74) is 3.88. The van der Waals surface area contributed by atoms with E-state index in [4.69, 9.17) is 4.74 Å². The van der Waals surface area contributed by atoms with Crippen molar-refractivity contribution < 1.29 is 17.9 Å². The van der Waals surface area contributed by atoms with Crippen LogP contribution in [0, 0.1) is 6.92 Å². The number of carbonyl (C=O) groups is 1. The molecule has 1 aliphatic heterocycles. The van der Waals surface area contributed by atoms with E-state index >= 15 is 0 Å². The molecule has 2 heterocycles. The number of sulfone groups is 1. The molecule has 0 bridgehead atoms. The molecule has 0 spiro atoms. The summed E-state index contributed by atoms with van der Waals surface area (Å²) in [5.74, 6) is -0.245. The van der Waals surface area contributed by atoms with Gasteiger partial charge in [-0.3, -0.25) is 9.69 Å². The van der Waals surface area contributed by atoms with Crippen LogP contribution in [0.1, 0.15) is 32.7 Å². The van der Waals surface area contributed by atoms with Crippen LogP contribution in [-0.4, -0.2) is 73.1 Å². The molecule has 0 unspecified atom stereocenters. The molecule has 9 heteroatoms. The quantitative estimate of drug-likeness (QED) is 0.268. The minimum absolute atomic E-state index is 0.0138. The summed E-state index contributed by atoms with van der Waals surface area (Å²) in [7, 11) is -3.78. The molecule has 1 saturated heterocycles. The molecule has 41 heavy (non-hydrogen) atoms. The number of rotatable bonds is 11. The number of imidazole rings is 1. The van der Waals surface area contributed by atoms with E-state index in [1.807, 2.05) is 91.9 Å². The number of hydrogen-bond donors (Lipinski definition) is 0. The average Bonchev–Trinajstić information content (AvgIpc) is 3.40. The predicted octanol–water partition coefficient (Wildman–Crippen LogP) is 4.19. The number of ether oxygens (including phenoxy) is 1. The molecular weight excluding hydrogens is 536 g/mol. The van der Waals surface area contributed by atoms with Gasteiger partial charge >= 0.3 is 0 Å². The van der Waals surface area contributed by atoms with Crippen molar-refractivity contribution in [2.24, 2.45) is 0 Å². The van der Waals surface area contributed by atoms with Crippen LogP contribution < -0.4 is 0 Å². The number of morpholine rings is 1. The van der Waals surface area contributed by atoms with Crippen molar-refractivity contribution in [3.05, 3.63) is 119 Å². The number of amides is 1. The topological polar surface area (TPSA) is 84.7 Å². The van der Waals surface area contributed by atoms with Gasteiger partial charge in [-0.1, -0.05) is 72.8 Å². The van der Waals surface area contributed by atoms with Gasteiger partial charge in [-0.15, -0.1) is 0 Å². The van der Waals surface area contributed by atoms with Gasteiger partial charge in [-0.05, 0) is 35.7 Å². The summed E-state index contributed by atoms with van der Waals surface area (Å²) in [6, 6.07) is 26.4. The molecule has 0 radical (unpaired) electrons. The zero-order valence-corrected chi connectivity index (χ0v) is 24.2. The SMILES string of the molecule is Cc1ccccc1CS(=O)(=O)c1ncc(CN(CCN2CCOCC2)C(=O)c2ccccc2)n1Cc1ccccc1. The lowest BCUT2D eigenvalue weighted by molar-refractivity contribution is 0.0319. The van der Waals surface area contributed by atoms with Gasteiger partial charge in [0.05, 0.1) is 43.9 Å². The van der Waals surface area contributed by atoms with E-state index in [0.717, 1.165) is 29.8 Å². The van der Waals surface area contributed by atoms with Crippen molar-refractivity contribution in [2.45, 2.75) is 30.9 Å².